The van der Waals surface area contributed by atoms with Gasteiger partial charge in [0.2, 0.25) is 0 Å². The summed E-state index contributed by atoms with van der Waals surface area (Å²) < 4.78 is 0. The van der Waals surface area contributed by atoms with Gasteiger partial charge in [-0.2, -0.15) is 0 Å². The van der Waals surface area contributed by atoms with E-state index in [-0.39, 0.29) is 0 Å². The molecule has 0 radical (unpaired) electrons. The average Bonchev–Trinajstić information content (AvgIpc) is 2.42. The van der Waals surface area contributed by atoms with Crippen molar-refractivity contribution >= 4 is 0 Å². The first kappa shape index (κ1) is 14.5. The largest absolute Gasteiger partial charge is 0.389 e. The summed E-state index contributed by atoms with van der Waals surface area (Å²) in [5.41, 5.74) is 0.817. The van der Waals surface area contributed by atoms with Crippen molar-refractivity contribution in [3.05, 3.63) is 30.1 Å². The lowest BCUT2D eigenvalue weighted by molar-refractivity contribution is 0.00661. The number of aliphatic hydroxyl groups is 1. The van der Waals surface area contributed by atoms with Crippen LogP contribution < -0.4 is 0 Å². The second kappa shape index (κ2) is 6.49. The summed E-state index contributed by atoms with van der Waals surface area (Å²) in [4.78, 5) is 6.59. The highest BCUT2D eigenvalue weighted by Crippen LogP contribution is 2.23. The second-order valence-corrected chi connectivity index (χ2v) is 6.14. The number of hydrogen-bond acceptors (Lipinski definition) is 3. The monoisotopic (exact) mass is 262 g/mol. The van der Waals surface area contributed by atoms with Gasteiger partial charge in [-0.25, -0.2) is 0 Å². The third kappa shape index (κ3) is 4.59. The van der Waals surface area contributed by atoms with E-state index in [9.17, 15) is 5.11 Å². The Morgan fingerprint density at radius 2 is 2.16 bits per heavy atom. The van der Waals surface area contributed by atoms with Gasteiger partial charge < -0.3 is 10.0 Å². The minimum absolute atomic E-state index is 0.532. The van der Waals surface area contributed by atoms with Crippen LogP contribution in [0, 0.1) is 5.92 Å². The predicted molar refractivity (Wildman–Crippen MR) is 78.0 cm³/mol. The van der Waals surface area contributed by atoms with E-state index in [4.69, 9.17) is 0 Å². The molecular formula is C16H26N2O. The Labute approximate surface area is 116 Å². The van der Waals surface area contributed by atoms with Crippen LogP contribution >= 0.6 is 0 Å². The number of aromatic nitrogens is 1. The van der Waals surface area contributed by atoms with Gasteiger partial charge in [-0.1, -0.05) is 13.0 Å². The second-order valence-electron chi connectivity index (χ2n) is 6.14. The molecule has 1 saturated heterocycles. The Kier molecular flexibility index (Phi) is 4.94. The molecule has 1 aliphatic rings. The van der Waals surface area contributed by atoms with Gasteiger partial charge in [0.05, 0.1) is 5.60 Å². The molecule has 1 aromatic rings. The highest BCUT2D eigenvalue weighted by Gasteiger charge is 2.25. The van der Waals surface area contributed by atoms with Crippen molar-refractivity contribution in [2.24, 2.45) is 5.92 Å². The maximum atomic E-state index is 10.1. The molecule has 0 aromatic carbocycles. The maximum Gasteiger partial charge on any atom is 0.0743 e. The lowest BCUT2D eigenvalue weighted by atomic mass is 9.90. The quantitative estimate of drug-likeness (QED) is 0.885. The molecule has 0 amide bonds. The molecule has 2 rings (SSSR count). The van der Waals surface area contributed by atoms with Crippen LogP contribution in [0.5, 0.6) is 0 Å². The van der Waals surface area contributed by atoms with E-state index < -0.39 is 5.60 Å². The van der Waals surface area contributed by atoms with E-state index in [2.05, 4.69) is 22.9 Å². The van der Waals surface area contributed by atoms with Gasteiger partial charge in [-0.05, 0) is 63.2 Å². The zero-order valence-corrected chi connectivity index (χ0v) is 12.2. The highest BCUT2D eigenvalue weighted by molar-refractivity contribution is 5.09. The molecule has 19 heavy (non-hydrogen) atoms. The fourth-order valence-corrected chi connectivity index (χ4v) is 2.79. The fraction of sp³-hybridized carbons (Fsp3) is 0.688. The van der Waals surface area contributed by atoms with E-state index in [1.165, 1.54) is 18.4 Å². The number of likely N-dealkylation sites (tertiary alicyclic amines) is 1. The summed E-state index contributed by atoms with van der Waals surface area (Å²) >= 11 is 0. The van der Waals surface area contributed by atoms with Crippen LogP contribution in [0.1, 0.15) is 38.7 Å². The summed E-state index contributed by atoms with van der Waals surface area (Å²) in [6.45, 7) is 7.02. The third-order valence-electron chi connectivity index (χ3n) is 4.28. The summed E-state index contributed by atoms with van der Waals surface area (Å²) in [6.07, 6.45) is 8.24. The zero-order chi connectivity index (χ0) is 13.7. The molecule has 1 aromatic heterocycles. The molecular weight excluding hydrogens is 236 g/mol. The van der Waals surface area contributed by atoms with Crippen molar-refractivity contribution in [2.45, 2.75) is 45.1 Å². The lowest BCUT2D eigenvalue weighted by Gasteiger charge is -2.36. The van der Waals surface area contributed by atoms with Gasteiger partial charge >= 0.3 is 0 Å². The molecule has 1 atom stereocenters. The first-order chi connectivity index (χ1) is 9.09. The molecule has 1 aliphatic heterocycles. The number of nitrogens with zero attached hydrogens (tertiary/aromatic N) is 2. The maximum absolute atomic E-state index is 10.1. The van der Waals surface area contributed by atoms with Gasteiger partial charge in [-0.15, -0.1) is 0 Å². The van der Waals surface area contributed by atoms with Crippen molar-refractivity contribution in [3.8, 4) is 0 Å². The van der Waals surface area contributed by atoms with Gasteiger partial charge in [0.15, 0.2) is 0 Å². The summed E-state index contributed by atoms with van der Waals surface area (Å²) in [5, 5.41) is 10.1. The Hall–Kier alpha value is -0.930. The molecule has 1 fully saturated rings. The molecule has 0 bridgehead atoms. The van der Waals surface area contributed by atoms with Crippen molar-refractivity contribution in [2.75, 3.05) is 19.6 Å². The minimum atomic E-state index is -0.532. The number of rotatable bonds is 5. The summed E-state index contributed by atoms with van der Waals surface area (Å²) in [5.74, 6) is 0.770. The van der Waals surface area contributed by atoms with Crippen LogP contribution in [0.15, 0.2) is 24.5 Å². The van der Waals surface area contributed by atoms with Crippen LogP contribution in [0.25, 0.3) is 0 Å². The van der Waals surface area contributed by atoms with Crippen LogP contribution in [-0.2, 0) is 6.42 Å². The molecule has 0 spiro atoms. The third-order valence-corrected chi connectivity index (χ3v) is 4.28. The number of hydrogen-bond donors (Lipinski definition) is 1. The molecule has 2 heterocycles. The number of β-amino-alcohol motifs (C(OH)–C–C–N with tert-alkyl or cyclic N) is 1. The SMILES string of the molecule is CCC(C)(O)CN1CCC(Cc2cccnc2)CC1. The van der Waals surface area contributed by atoms with Crippen molar-refractivity contribution in [3.63, 3.8) is 0 Å². The van der Waals surface area contributed by atoms with Crippen LogP contribution in [0.4, 0.5) is 0 Å². The van der Waals surface area contributed by atoms with Crippen molar-refractivity contribution < 1.29 is 5.11 Å². The fourth-order valence-electron chi connectivity index (χ4n) is 2.79. The predicted octanol–water partition coefficient (Wildman–Crippen LogP) is 2.50. The Bertz CT molecular complexity index is 370. The smallest absolute Gasteiger partial charge is 0.0743 e. The van der Waals surface area contributed by atoms with Gasteiger partial charge in [0, 0.05) is 18.9 Å². The normalized spacial score (nSPS) is 21.2. The molecule has 1 unspecified atom stereocenters. The van der Waals surface area contributed by atoms with Crippen LogP contribution in [-0.4, -0.2) is 40.2 Å². The van der Waals surface area contributed by atoms with E-state index in [0.29, 0.717) is 0 Å². The lowest BCUT2D eigenvalue weighted by Crippen LogP contribution is -2.44. The van der Waals surface area contributed by atoms with Gasteiger partial charge in [0.1, 0.15) is 0 Å². The van der Waals surface area contributed by atoms with Crippen molar-refractivity contribution in [1.82, 2.24) is 9.88 Å². The van der Waals surface area contributed by atoms with Crippen LogP contribution in [0.3, 0.4) is 0 Å². The molecule has 3 nitrogen and oxygen atoms in total. The molecule has 0 aliphatic carbocycles. The first-order valence-corrected chi connectivity index (χ1v) is 7.43. The van der Waals surface area contributed by atoms with E-state index in [1.54, 1.807) is 0 Å². The molecule has 3 heteroatoms. The minimum Gasteiger partial charge on any atom is -0.389 e. The van der Waals surface area contributed by atoms with Crippen LogP contribution in [0.2, 0.25) is 0 Å². The number of pyridine rings is 1. The zero-order valence-electron chi connectivity index (χ0n) is 12.2. The highest BCUT2D eigenvalue weighted by atomic mass is 16.3. The average molecular weight is 262 g/mol. The molecule has 0 saturated carbocycles. The van der Waals surface area contributed by atoms with Crippen molar-refractivity contribution in [1.29, 1.82) is 0 Å². The van der Waals surface area contributed by atoms with Gasteiger partial charge in [-0.3, -0.25) is 4.98 Å². The molecule has 106 valence electrons. The Morgan fingerprint density at radius 1 is 1.42 bits per heavy atom. The first-order valence-electron chi connectivity index (χ1n) is 7.43. The Morgan fingerprint density at radius 3 is 2.74 bits per heavy atom. The summed E-state index contributed by atoms with van der Waals surface area (Å²) in [7, 11) is 0. The molecule has 1 N–H and O–H groups in total. The topological polar surface area (TPSA) is 36.4 Å². The van der Waals surface area contributed by atoms with E-state index in [0.717, 1.165) is 38.4 Å². The Balaban J connectivity index is 1.77. The number of piperidine rings is 1. The van der Waals surface area contributed by atoms with Gasteiger partial charge in [0.25, 0.3) is 0 Å². The van der Waals surface area contributed by atoms with E-state index in [1.807, 2.05) is 25.4 Å². The summed E-state index contributed by atoms with van der Waals surface area (Å²) in [6, 6.07) is 4.18. The van der Waals surface area contributed by atoms with E-state index >= 15 is 0 Å². The standard InChI is InChI=1S/C16H26N2O/c1-3-16(2,19)13-18-9-6-14(7-10-18)11-15-5-4-8-17-12-15/h4-5,8,12,14,19H,3,6-7,9-11,13H2,1-2H3.